The number of carbonyl (C=O) groups is 2. The fraction of sp³-hybridized carbons (Fsp3) is 0.242. The van der Waals surface area contributed by atoms with Crippen molar-refractivity contribution in [1.82, 2.24) is 30.2 Å². The number of aromatic amines is 1. The highest BCUT2D eigenvalue weighted by Gasteiger charge is 2.43. The number of nitrogens with one attached hydrogen (secondary N) is 2. The Kier molecular flexibility index (Phi) is 7.62. The normalized spacial score (nSPS) is 18.6. The van der Waals surface area contributed by atoms with Crippen molar-refractivity contribution in [2.45, 2.75) is 18.4 Å². The number of anilines is 1. The smallest absolute Gasteiger partial charge is 0.257 e. The van der Waals surface area contributed by atoms with Crippen molar-refractivity contribution in [3.8, 4) is 22.7 Å². The van der Waals surface area contributed by atoms with E-state index < -0.39 is 17.3 Å². The third kappa shape index (κ3) is 5.77. The molecule has 1 saturated heterocycles. The summed E-state index contributed by atoms with van der Waals surface area (Å²) in [6.45, 7) is 1.18. The lowest BCUT2D eigenvalue weighted by atomic mass is 9.97. The summed E-state index contributed by atoms with van der Waals surface area (Å²) in [4.78, 5) is 29.8. The fourth-order valence-corrected chi connectivity index (χ4v) is 6.00. The summed E-state index contributed by atoms with van der Waals surface area (Å²) in [5.74, 6) is -1.22. The van der Waals surface area contributed by atoms with Gasteiger partial charge < -0.3 is 19.7 Å². The molecule has 4 heterocycles. The van der Waals surface area contributed by atoms with E-state index in [4.69, 9.17) is 4.42 Å². The Balaban J connectivity index is 0.954. The summed E-state index contributed by atoms with van der Waals surface area (Å²) < 4.78 is 33.4. The minimum Gasteiger partial charge on any atom is -0.423 e. The molecule has 2 aliphatic heterocycles. The predicted octanol–water partition coefficient (Wildman–Crippen LogP) is 4.25. The van der Waals surface area contributed by atoms with E-state index in [2.05, 4.69) is 25.7 Å². The second-order valence-electron chi connectivity index (χ2n) is 11.5. The van der Waals surface area contributed by atoms with Crippen molar-refractivity contribution in [3.05, 3.63) is 90.3 Å². The van der Waals surface area contributed by atoms with Gasteiger partial charge in [-0.05, 0) is 73.0 Å². The molecule has 0 aliphatic carbocycles. The first-order valence-electron chi connectivity index (χ1n) is 14.8. The second-order valence-corrected chi connectivity index (χ2v) is 11.5. The van der Waals surface area contributed by atoms with Crippen LogP contribution in [0.25, 0.3) is 39.2 Å². The largest absolute Gasteiger partial charge is 0.423 e. The van der Waals surface area contributed by atoms with Gasteiger partial charge in [-0.25, -0.2) is 8.78 Å². The average Bonchev–Trinajstić information content (AvgIpc) is 3.83. The molecule has 1 atom stereocenters. The van der Waals surface area contributed by atoms with Gasteiger partial charge in [0.25, 0.3) is 5.91 Å². The highest BCUT2D eigenvalue weighted by atomic mass is 19.1. The van der Waals surface area contributed by atoms with Crippen LogP contribution < -0.4 is 5.32 Å². The third-order valence-corrected chi connectivity index (χ3v) is 8.53. The molecule has 0 radical (unpaired) electrons. The van der Waals surface area contributed by atoms with E-state index in [1.165, 1.54) is 24.6 Å². The SMILES string of the molecule is O=C(CN1CC[C@@](O)(C(=O)Nc2ccc3[nH]nc(-c4ccc(F)cc4)c3c2)C1)N1CC=C(c2ccc(-c3nnco3)cc2F)CC1. The fourth-order valence-electron chi connectivity index (χ4n) is 6.00. The number of benzene rings is 3. The number of fused-ring (bicyclic) bond motifs is 1. The van der Waals surface area contributed by atoms with Crippen LogP contribution in [-0.2, 0) is 9.59 Å². The maximum absolute atomic E-state index is 14.9. The van der Waals surface area contributed by atoms with E-state index >= 15 is 0 Å². The molecule has 2 amide bonds. The quantitative estimate of drug-likeness (QED) is 0.244. The van der Waals surface area contributed by atoms with Crippen LogP contribution in [0.5, 0.6) is 0 Å². The van der Waals surface area contributed by atoms with Crippen LogP contribution in [0.3, 0.4) is 0 Å². The van der Waals surface area contributed by atoms with Crippen LogP contribution in [-0.4, -0.2) is 85.4 Å². The van der Waals surface area contributed by atoms with Crippen molar-refractivity contribution in [2.75, 3.05) is 38.0 Å². The van der Waals surface area contributed by atoms with Crippen molar-refractivity contribution in [1.29, 1.82) is 0 Å². The van der Waals surface area contributed by atoms with Crippen molar-refractivity contribution in [2.24, 2.45) is 0 Å². The van der Waals surface area contributed by atoms with Gasteiger partial charge in [0.15, 0.2) is 5.60 Å². The second kappa shape index (κ2) is 11.9. The number of H-pyrrole nitrogens is 1. The molecule has 13 heteroatoms. The van der Waals surface area contributed by atoms with Crippen LogP contribution >= 0.6 is 0 Å². The first-order valence-corrected chi connectivity index (χ1v) is 14.8. The molecule has 5 aromatic rings. The molecule has 234 valence electrons. The average molecular weight is 626 g/mol. The zero-order chi connectivity index (χ0) is 31.8. The van der Waals surface area contributed by atoms with Crippen molar-refractivity contribution in [3.63, 3.8) is 0 Å². The molecule has 2 aromatic heterocycles. The standard InChI is InChI=1S/C33H29F2N7O4/c34-23-4-1-21(2-5-23)30-26-16-24(6-8-28(26)38-39-30)37-32(44)33(45)11-14-41(18-33)17-29(43)42-12-9-20(10-13-42)25-7-3-22(15-27(25)35)31-40-36-19-46-31/h1-9,15-16,19,45H,10-14,17-18H2,(H,37,44)(H,38,39)/t33-/m0/s1. The van der Waals surface area contributed by atoms with Gasteiger partial charge in [0.1, 0.15) is 11.6 Å². The van der Waals surface area contributed by atoms with Crippen LogP contribution in [0, 0.1) is 11.6 Å². The number of carbonyl (C=O) groups excluding carboxylic acids is 2. The molecule has 1 fully saturated rings. The number of hydrogen-bond acceptors (Lipinski definition) is 8. The molecule has 0 spiro atoms. The summed E-state index contributed by atoms with van der Waals surface area (Å²) in [5, 5.41) is 29.5. The Bertz CT molecular complexity index is 1960. The molecular weight excluding hydrogens is 596 g/mol. The molecule has 0 bridgehead atoms. The lowest BCUT2D eigenvalue weighted by molar-refractivity contribution is -0.135. The molecule has 11 nitrogen and oxygen atoms in total. The molecule has 46 heavy (non-hydrogen) atoms. The number of nitrogens with zero attached hydrogens (tertiary/aromatic N) is 5. The zero-order valence-electron chi connectivity index (χ0n) is 24.5. The number of rotatable bonds is 7. The van der Waals surface area contributed by atoms with Crippen LogP contribution in [0.4, 0.5) is 14.5 Å². The summed E-state index contributed by atoms with van der Waals surface area (Å²) >= 11 is 0. The first-order chi connectivity index (χ1) is 22.3. The molecule has 0 unspecified atom stereocenters. The molecule has 3 N–H and O–H groups in total. The summed E-state index contributed by atoms with van der Waals surface area (Å²) in [7, 11) is 0. The summed E-state index contributed by atoms with van der Waals surface area (Å²) in [5.41, 5.74) is 2.62. The Labute approximate surface area is 261 Å². The molecule has 7 rings (SSSR count). The van der Waals surface area contributed by atoms with Gasteiger partial charge in [0, 0.05) is 53.9 Å². The molecular formula is C33H29F2N7O4. The van der Waals surface area contributed by atoms with E-state index in [-0.39, 0.29) is 37.1 Å². The van der Waals surface area contributed by atoms with Crippen molar-refractivity contribution < 1.29 is 27.9 Å². The number of hydrogen-bond donors (Lipinski definition) is 3. The predicted molar refractivity (Wildman–Crippen MR) is 165 cm³/mol. The van der Waals surface area contributed by atoms with Gasteiger partial charge in [-0.3, -0.25) is 19.6 Å². The first kappa shape index (κ1) is 29.4. The zero-order valence-corrected chi connectivity index (χ0v) is 24.5. The lowest BCUT2D eigenvalue weighted by Crippen LogP contribution is -2.47. The Morgan fingerprint density at radius 2 is 1.87 bits per heavy atom. The van der Waals surface area contributed by atoms with E-state index in [1.807, 2.05) is 6.08 Å². The van der Waals surface area contributed by atoms with Gasteiger partial charge in [-0.15, -0.1) is 10.2 Å². The van der Waals surface area contributed by atoms with Gasteiger partial charge in [-0.2, -0.15) is 5.10 Å². The van der Waals surface area contributed by atoms with E-state index in [1.54, 1.807) is 52.3 Å². The minimum absolute atomic E-state index is 0.00585. The number of β-amino-alcohol motifs (C(OH)–C–C–N with tert-alkyl or cyclic N) is 1. The number of halogens is 2. The van der Waals surface area contributed by atoms with Gasteiger partial charge in [0.2, 0.25) is 18.2 Å². The van der Waals surface area contributed by atoms with E-state index in [0.717, 1.165) is 16.5 Å². The lowest BCUT2D eigenvalue weighted by Gasteiger charge is -2.29. The summed E-state index contributed by atoms with van der Waals surface area (Å²) in [6, 6.07) is 15.9. The molecule has 0 saturated carbocycles. The monoisotopic (exact) mass is 625 g/mol. The number of aromatic nitrogens is 4. The van der Waals surface area contributed by atoms with Crippen LogP contribution in [0.15, 0.2) is 77.6 Å². The van der Waals surface area contributed by atoms with Gasteiger partial charge >= 0.3 is 0 Å². The highest BCUT2D eigenvalue weighted by molar-refractivity contribution is 6.01. The van der Waals surface area contributed by atoms with Gasteiger partial charge in [0.05, 0.1) is 17.8 Å². The number of amides is 2. The number of aliphatic hydroxyl groups is 1. The number of likely N-dealkylation sites (tertiary alicyclic amines) is 1. The molecule has 3 aromatic carbocycles. The van der Waals surface area contributed by atoms with Gasteiger partial charge in [-0.1, -0.05) is 12.1 Å². The molecule has 2 aliphatic rings. The Morgan fingerprint density at radius 3 is 2.61 bits per heavy atom. The van der Waals surface area contributed by atoms with Crippen molar-refractivity contribution >= 4 is 34.0 Å². The van der Waals surface area contributed by atoms with Crippen LogP contribution in [0.1, 0.15) is 18.4 Å². The third-order valence-electron chi connectivity index (χ3n) is 8.53. The maximum Gasteiger partial charge on any atom is 0.257 e. The minimum atomic E-state index is -1.68. The van der Waals surface area contributed by atoms with Crippen LogP contribution in [0.2, 0.25) is 0 Å². The highest BCUT2D eigenvalue weighted by Crippen LogP contribution is 2.31. The Morgan fingerprint density at radius 1 is 1.04 bits per heavy atom. The van der Waals surface area contributed by atoms with E-state index in [9.17, 15) is 23.5 Å². The maximum atomic E-state index is 14.9. The Hall–Kier alpha value is -5.27. The topological polar surface area (TPSA) is 140 Å². The van der Waals surface area contributed by atoms with E-state index in [0.29, 0.717) is 54.1 Å². The summed E-state index contributed by atoms with van der Waals surface area (Å²) in [6.07, 6.45) is 3.69.